The van der Waals surface area contributed by atoms with Crippen LogP contribution >= 0.6 is 11.8 Å². The van der Waals surface area contributed by atoms with Crippen molar-refractivity contribution in [1.29, 1.82) is 0 Å². The van der Waals surface area contributed by atoms with Gasteiger partial charge in [0.05, 0.1) is 28.2 Å². The number of para-hydroxylation sites is 1. The summed E-state index contributed by atoms with van der Waals surface area (Å²) in [5.74, 6) is 0.112. The summed E-state index contributed by atoms with van der Waals surface area (Å²) in [6.07, 6.45) is 2.27. The maximum absolute atomic E-state index is 12.9. The van der Waals surface area contributed by atoms with E-state index in [1.807, 2.05) is 12.1 Å². The Morgan fingerprint density at radius 1 is 1.36 bits per heavy atom. The number of unbranched alkanes of at least 4 members (excludes halogenated alkanes) is 1. The topological polar surface area (TPSA) is 89.3 Å². The number of aromatic nitrogens is 2. The summed E-state index contributed by atoms with van der Waals surface area (Å²) in [6, 6.07) is 6.93. The molecular weight excluding hydrogens is 398 g/mol. The van der Waals surface area contributed by atoms with Crippen LogP contribution in [0.2, 0.25) is 0 Å². The van der Waals surface area contributed by atoms with Gasteiger partial charge in [-0.2, -0.15) is 0 Å². The van der Waals surface area contributed by atoms with Crippen molar-refractivity contribution in [3.63, 3.8) is 0 Å². The first-order valence-electron chi connectivity index (χ1n) is 9.41. The van der Waals surface area contributed by atoms with Crippen LogP contribution in [0, 0.1) is 0 Å². The lowest BCUT2D eigenvalue weighted by Crippen LogP contribution is -2.39. The van der Waals surface area contributed by atoms with Crippen molar-refractivity contribution in [2.45, 2.75) is 43.9 Å². The van der Waals surface area contributed by atoms with Crippen LogP contribution in [0.3, 0.4) is 0 Å². The maximum atomic E-state index is 12.9. The zero-order valence-corrected chi connectivity index (χ0v) is 17.8. The van der Waals surface area contributed by atoms with E-state index in [1.165, 1.54) is 16.7 Å². The van der Waals surface area contributed by atoms with Gasteiger partial charge in [0.2, 0.25) is 5.91 Å². The molecule has 0 unspecified atom stereocenters. The number of thioether (sulfide) groups is 1. The highest BCUT2D eigenvalue weighted by Crippen LogP contribution is 2.21. The summed E-state index contributed by atoms with van der Waals surface area (Å²) in [5.41, 5.74) is 0.523. The fraction of sp³-hybridized carbons (Fsp3) is 0.526. The molecule has 9 heteroatoms. The van der Waals surface area contributed by atoms with Gasteiger partial charge in [-0.25, -0.2) is 13.4 Å². The predicted molar refractivity (Wildman–Crippen MR) is 111 cm³/mol. The van der Waals surface area contributed by atoms with Crippen molar-refractivity contribution >= 4 is 38.4 Å². The summed E-state index contributed by atoms with van der Waals surface area (Å²) < 4.78 is 25.0. The number of carbonyl (C=O) groups excluding carboxylic acids is 1. The van der Waals surface area contributed by atoms with Gasteiger partial charge in [-0.05, 0) is 25.0 Å². The van der Waals surface area contributed by atoms with Crippen molar-refractivity contribution < 1.29 is 13.2 Å². The third-order valence-corrected chi connectivity index (χ3v) is 7.75. The van der Waals surface area contributed by atoms with Gasteiger partial charge in [-0.15, -0.1) is 0 Å². The molecule has 0 N–H and O–H groups in total. The summed E-state index contributed by atoms with van der Waals surface area (Å²) >= 11 is 1.23. The van der Waals surface area contributed by atoms with E-state index in [9.17, 15) is 18.0 Å². The lowest BCUT2D eigenvalue weighted by atomic mass is 10.2. The Morgan fingerprint density at radius 2 is 2.11 bits per heavy atom. The average Bonchev–Trinajstić information content (AvgIpc) is 3.04. The summed E-state index contributed by atoms with van der Waals surface area (Å²) in [5, 5.41) is 1.10. The third kappa shape index (κ3) is 4.57. The quantitative estimate of drug-likeness (QED) is 0.499. The lowest BCUT2D eigenvalue weighted by Gasteiger charge is -2.23. The molecule has 1 fully saturated rings. The van der Waals surface area contributed by atoms with E-state index in [-0.39, 0.29) is 34.8 Å². The van der Waals surface area contributed by atoms with E-state index in [0.29, 0.717) is 29.0 Å². The smallest absolute Gasteiger partial charge is 0.262 e. The maximum Gasteiger partial charge on any atom is 0.262 e. The second-order valence-electron chi connectivity index (χ2n) is 7.07. The summed E-state index contributed by atoms with van der Waals surface area (Å²) in [4.78, 5) is 31.6. The molecule has 7 nitrogen and oxygen atoms in total. The molecule has 1 aromatic heterocycles. The number of rotatable bonds is 7. The first-order chi connectivity index (χ1) is 13.3. The fourth-order valence-corrected chi connectivity index (χ4v) is 6.01. The van der Waals surface area contributed by atoms with Gasteiger partial charge in [0, 0.05) is 19.6 Å². The standard InChI is InChI=1S/C19H25N3O4S2/c1-3-4-10-22-18(24)15-7-5-6-8-16(15)20-19(22)27-12-17(23)21(2)14-9-11-28(25,26)13-14/h5-8,14H,3-4,9-13H2,1-2H3/t14-/m1/s1. The van der Waals surface area contributed by atoms with Gasteiger partial charge in [0.1, 0.15) is 0 Å². The van der Waals surface area contributed by atoms with Crippen LogP contribution in [0.15, 0.2) is 34.2 Å². The molecule has 1 saturated heterocycles. The molecule has 0 aliphatic carbocycles. The summed E-state index contributed by atoms with van der Waals surface area (Å²) in [6.45, 7) is 2.61. The van der Waals surface area contributed by atoms with E-state index in [4.69, 9.17) is 0 Å². The molecule has 152 valence electrons. The Morgan fingerprint density at radius 3 is 2.79 bits per heavy atom. The third-order valence-electron chi connectivity index (χ3n) is 5.04. The Labute approximate surface area is 169 Å². The van der Waals surface area contributed by atoms with Crippen molar-refractivity contribution in [1.82, 2.24) is 14.5 Å². The van der Waals surface area contributed by atoms with E-state index >= 15 is 0 Å². The van der Waals surface area contributed by atoms with E-state index in [1.54, 1.807) is 23.7 Å². The number of hydrogen-bond acceptors (Lipinski definition) is 6. The Hall–Kier alpha value is -1.87. The first-order valence-corrected chi connectivity index (χ1v) is 12.2. The molecule has 28 heavy (non-hydrogen) atoms. The zero-order chi connectivity index (χ0) is 20.3. The van der Waals surface area contributed by atoms with Crippen molar-refractivity contribution in [2.24, 2.45) is 0 Å². The number of sulfone groups is 1. The van der Waals surface area contributed by atoms with Crippen molar-refractivity contribution in [2.75, 3.05) is 24.3 Å². The van der Waals surface area contributed by atoms with Crippen LogP contribution in [0.4, 0.5) is 0 Å². The molecule has 1 aromatic carbocycles. The van der Waals surface area contributed by atoms with E-state index in [2.05, 4.69) is 11.9 Å². The molecule has 3 rings (SSSR count). The number of hydrogen-bond donors (Lipinski definition) is 0. The minimum atomic E-state index is -3.05. The molecule has 0 saturated carbocycles. The molecular formula is C19H25N3O4S2. The monoisotopic (exact) mass is 423 g/mol. The van der Waals surface area contributed by atoms with Gasteiger partial charge in [0.25, 0.3) is 5.56 Å². The molecule has 1 aliphatic rings. The van der Waals surface area contributed by atoms with Crippen LogP contribution < -0.4 is 5.56 Å². The van der Waals surface area contributed by atoms with Gasteiger partial charge < -0.3 is 4.90 Å². The van der Waals surface area contributed by atoms with Gasteiger partial charge >= 0.3 is 0 Å². The highest BCUT2D eigenvalue weighted by molar-refractivity contribution is 7.99. The number of amides is 1. The fourth-order valence-electron chi connectivity index (χ4n) is 3.28. The molecule has 0 bridgehead atoms. The molecule has 1 amide bonds. The Balaban J connectivity index is 1.79. The van der Waals surface area contributed by atoms with E-state index in [0.717, 1.165) is 12.8 Å². The highest BCUT2D eigenvalue weighted by atomic mass is 32.2. The summed E-state index contributed by atoms with van der Waals surface area (Å²) in [7, 11) is -1.40. The molecule has 0 radical (unpaired) electrons. The largest absolute Gasteiger partial charge is 0.341 e. The minimum Gasteiger partial charge on any atom is -0.341 e. The number of carbonyl (C=O) groups is 1. The molecule has 1 atom stereocenters. The van der Waals surface area contributed by atoms with Gasteiger partial charge in [-0.1, -0.05) is 37.2 Å². The SMILES string of the molecule is CCCCn1c(SCC(=O)N(C)[C@@H]2CCS(=O)(=O)C2)nc2ccccc2c1=O. The highest BCUT2D eigenvalue weighted by Gasteiger charge is 2.32. The van der Waals surface area contributed by atoms with Crippen LogP contribution in [-0.2, 0) is 21.2 Å². The second-order valence-corrected chi connectivity index (χ2v) is 10.2. The normalized spacial score (nSPS) is 18.4. The van der Waals surface area contributed by atoms with Crippen LogP contribution in [-0.4, -0.2) is 59.1 Å². The van der Waals surface area contributed by atoms with E-state index < -0.39 is 9.84 Å². The van der Waals surface area contributed by atoms with Gasteiger partial charge in [0.15, 0.2) is 15.0 Å². The van der Waals surface area contributed by atoms with Crippen molar-refractivity contribution in [3.05, 3.63) is 34.6 Å². The molecule has 0 spiro atoms. The molecule has 2 aromatic rings. The second kappa shape index (κ2) is 8.65. The van der Waals surface area contributed by atoms with Crippen LogP contribution in [0.1, 0.15) is 26.2 Å². The predicted octanol–water partition coefficient (Wildman–Crippen LogP) is 1.93. The minimum absolute atomic E-state index is 0.0232. The molecule has 1 aliphatic heterocycles. The Kier molecular flexibility index (Phi) is 6.44. The van der Waals surface area contributed by atoms with Gasteiger partial charge in [-0.3, -0.25) is 14.2 Å². The number of benzene rings is 1. The molecule has 2 heterocycles. The van der Waals surface area contributed by atoms with Crippen LogP contribution in [0.25, 0.3) is 10.9 Å². The zero-order valence-electron chi connectivity index (χ0n) is 16.1. The van der Waals surface area contributed by atoms with Crippen molar-refractivity contribution in [3.8, 4) is 0 Å². The Bertz CT molecular complexity index is 1030. The lowest BCUT2D eigenvalue weighted by molar-refractivity contribution is -0.128. The average molecular weight is 424 g/mol. The number of nitrogens with zero attached hydrogens (tertiary/aromatic N) is 3. The number of fused-ring (bicyclic) bond motifs is 1. The van der Waals surface area contributed by atoms with Crippen LogP contribution in [0.5, 0.6) is 0 Å². The first kappa shape index (κ1) is 20.9.